The highest BCUT2D eigenvalue weighted by Crippen LogP contribution is 2.28. The summed E-state index contributed by atoms with van der Waals surface area (Å²) in [5, 5.41) is 23.4. The Hall–Kier alpha value is -3.98. The van der Waals surface area contributed by atoms with Crippen LogP contribution in [0.1, 0.15) is 15.9 Å². The lowest BCUT2D eigenvalue weighted by molar-refractivity contribution is -0.385. The third-order valence-corrected chi connectivity index (χ3v) is 5.07. The highest BCUT2D eigenvalue weighted by atomic mass is 35.5. The van der Waals surface area contributed by atoms with Crippen molar-refractivity contribution in [2.24, 2.45) is 0 Å². The molecule has 0 atom stereocenters. The van der Waals surface area contributed by atoms with E-state index >= 15 is 0 Å². The zero-order chi connectivity index (χ0) is 22.1. The van der Waals surface area contributed by atoms with Crippen molar-refractivity contribution in [2.45, 2.75) is 6.92 Å². The highest BCUT2D eigenvalue weighted by Gasteiger charge is 2.18. The van der Waals surface area contributed by atoms with Crippen molar-refractivity contribution < 1.29 is 14.5 Å². The van der Waals surface area contributed by atoms with Gasteiger partial charge in [-0.05, 0) is 55.0 Å². The quantitative estimate of drug-likeness (QED) is 0.362. The van der Waals surface area contributed by atoms with E-state index in [9.17, 15) is 14.9 Å². The van der Waals surface area contributed by atoms with E-state index in [1.807, 2.05) is 19.1 Å². The van der Waals surface area contributed by atoms with Gasteiger partial charge in [-0.1, -0.05) is 17.7 Å². The number of aryl methyl sites for hydroxylation is 1. The maximum absolute atomic E-state index is 12.6. The molecule has 0 spiro atoms. The molecule has 4 aromatic rings. The number of nitro groups is 1. The SMILES string of the molecule is COc1ccc(C(=O)Nc2ccc3nn(-c4ccc(C)c(Cl)c4)nc3c2)cc1[N+](=O)[O-]. The summed E-state index contributed by atoms with van der Waals surface area (Å²) in [6.07, 6.45) is 0. The Morgan fingerprint density at radius 1 is 1.10 bits per heavy atom. The van der Waals surface area contributed by atoms with Gasteiger partial charge >= 0.3 is 5.69 Å². The van der Waals surface area contributed by atoms with Crippen molar-refractivity contribution in [2.75, 3.05) is 12.4 Å². The minimum atomic E-state index is -0.600. The number of anilines is 1. The van der Waals surface area contributed by atoms with E-state index in [2.05, 4.69) is 15.5 Å². The number of amides is 1. The standard InChI is InChI=1S/C21H16ClN5O4/c1-12-3-6-15(11-16(12)22)26-24-17-7-5-14(10-18(17)25-26)23-21(28)13-4-8-20(31-2)19(9-13)27(29)30/h3-11H,1-2H3,(H,23,28). The molecule has 9 nitrogen and oxygen atoms in total. The van der Waals surface area contributed by atoms with Crippen molar-refractivity contribution in [3.05, 3.63) is 80.9 Å². The summed E-state index contributed by atoms with van der Waals surface area (Å²) in [7, 11) is 1.33. The minimum absolute atomic E-state index is 0.0794. The van der Waals surface area contributed by atoms with Gasteiger partial charge in [0.1, 0.15) is 11.0 Å². The number of nitrogens with zero attached hydrogens (tertiary/aromatic N) is 4. The summed E-state index contributed by atoms with van der Waals surface area (Å²) in [4.78, 5) is 24.6. The lowest BCUT2D eigenvalue weighted by atomic mass is 10.1. The number of carbonyl (C=O) groups excluding carboxylic acids is 1. The smallest absolute Gasteiger partial charge is 0.311 e. The van der Waals surface area contributed by atoms with E-state index in [0.717, 1.165) is 5.56 Å². The third kappa shape index (κ3) is 4.03. The number of rotatable bonds is 5. The van der Waals surface area contributed by atoms with E-state index in [-0.39, 0.29) is 17.0 Å². The van der Waals surface area contributed by atoms with Crippen molar-refractivity contribution in [1.82, 2.24) is 15.0 Å². The van der Waals surface area contributed by atoms with Gasteiger partial charge in [0.05, 0.1) is 17.7 Å². The van der Waals surface area contributed by atoms with Crippen LogP contribution < -0.4 is 10.1 Å². The molecule has 156 valence electrons. The monoisotopic (exact) mass is 437 g/mol. The number of nitro benzene ring substituents is 1. The molecule has 0 saturated carbocycles. The zero-order valence-electron chi connectivity index (χ0n) is 16.5. The molecule has 1 N–H and O–H groups in total. The van der Waals surface area contributed by atoms with Gasteiger partial charge in [-0.25, -0.2) is 0 Å². The molecule has 0 radical (unpaired) electrons. The lowest BCUT2D eigenvalue weighted by Crippen LogP contribution is -2.12. The second-order valence-electron chi connectivity index (χ2n) is 6.72. The largest absolute Gasteiger partial charge is 0.490 e. The summed E-state index contributed by atoms with van der Waals surface area (Å²) in [5.74, 6) is -0.418. The number of fused-ring (bicyclic) bond motifs is 1. The second kappa shape index (κ2) is 8.04. The van der Waals surface area contributed by atoms with Gasteiger partial charge in [-0.2, -0.15) is 4.80 Å². The fraction of sp³-hybridized carbons (Fsp3) is 0.0952. The van der Waals surface area contributed by atoms with Crippen molar-refractivity contribution in [3.63, 3.8) is 0 Å². The van der Waals surface area contributed by atoms with Crippen LogP contribution >= 0.6 is 11.6 Å². The first kappa shape index (κ1) is 20.3. The van der Waals surface area contributed by atoms with Gasteiger partial charge in [0.15, 0.2) is 5.75 Å². The Kier molecular flexibility index (Phi) is 5.26. The van der Waals surface area contributed by atoms with E-state index in [4.69, 9.17) is 16.3 Å². The molecule has 4 rings (SSSR count). The third-order valence-electron chi connectivity index (χ3n) is 4.66. The average Bonchev–Trinajstić information content (AvgIpc) is 3.18. The number of halogens is 1. The van der Waals surface area contributed by atoms with Gasteiger partial charge < -0.3 is 10.1 Å². The number of aromatic nitrogens is 3. The molecule has 31 heavy (non-hydrogen) atoms. The number of methoxy groups -OCH3 is 1. The lowest BCUT2D eigenvalue weighted by Gasteiger charge is -2.06. The number of hydrogen-bond donors (Lipinski definition) is 1. The molecule has 1 amide bonds. The van der Waals surface area contributed by atoms with Crippen molar-refractivity contribution in [3.8, 4) is 11.4 Å². The van der Waals surface area contributed by atoms with Crippen LogP contribution in [0.2, 0.25) is 5.02 Å². The minimum Gasteiger partial charge on any atom is -0.490 e. The molecule has 0 bridgehead atoms. The van der Waals surface area contributed by atoms with Gasteiger partial charge in [0.25, 0.3) is 5.91 Å². The van der Waals surface area contributed by atoms with Crippen molar-refractivity contribution >= 4 is 39.9 Å². The summed E-state index contributed by atoms with van der Waals surface area (Å²) >= 11 is 6.19. The molecular formula is C21H16ClN5O4. The number of benzene rings is 3. The molecule has 1 aromatic heterocycles. The predicted molar refractivity (Wildman–Crippen MR) is 116 cm³/mol. The Labute approximate surface area is 181 Å². The maximum Gasteiger partial charge on any atom is 0.311 e. The molecule has 0 aliphatic carbocycles. The first-order chi connectivity index (χ1) is 14.9. The highest BCUT2D eigenvalue weighted by molar-refractivity contribution is 6.31. The molecular weight excluding hydrogens is 422 g/mol. The summed E-state index contributed by atoms with van der Waals surface area (Å²) < 4.78 is 4.96. The first-order valence-electron chi connectivity index (χ1n) is 9.13. The molecule has 3 aromatic carbocycles. The normalized spacial score (nSPS) is 10.8. The molecule has 0 aliphatic heterocycles. The predicted octanol–water partition coefficient (Wildman–Crippen LogP) is 4.55. The topological polar surface area (TPSA) is 112 Å². The Morgan fingerprint density at radius 3 is 2.58 bits per heavy atom. The Morgan fingerprint density at radius 2 is 1.87 bits per heavy atom. The zero-order valence-corrected chi connectivity index (χ0v) is 17.3. The first-order valence-corrected chi connectivity index (χ1v) is 9.51. The van der Waals surface area contributed by atoms with Crippen LogP contribution in [0, 0.1) is 17.0 Å². The number of nitrogens with one attached hydrogen (secondary N) is 1. The summed E-state index contributed by atoms with van der Waals surface area (Å²) in [6, 6.07) is 14.6. The summed E-state index contributed by atoms with van der Waals surface area (Å²) in [6.45, 7) is 1.91. The van der Waals surface area contributed by atoms with Crippen LogP contribution in [0.25, 0.3) is 16.7 Å². The number of hydrogen-bond acceptors (Lipinski definition) is 6. The Balaban J connectivity index is 1.60. The molecule has 10 heteroatoms. The Bertz CT molecular complexity index is 1330. The maximum atomic E-state index is 12.6. The fourth-order valence-corrected chi connectivity index (χ4v) is 3.17. The van der Waals surface area contributed by atoms with E-state index in [1.54, 1.807) is 24.3 Å². The molecule has 1 heterocycles. The molecule has 0 fully saturated rings. The van der Waals surface area contributed by atoms with Crippen LogP contribution in [0.15, 0.2) is 54.6 Å². The number of ether oxygens (including phenoxy) is 1. The van der Waals surface area contributed by atoms with Crippen LogP contribution in [0.4, 0.5) is 11.4 Å². The molecule has 0 unspecified atom stereocenters. The van der Waals surface area contributed by atoms with E-state index in [0.29, 0.717) is 27.4 Å². The fourth-order valence-electron chi connectivity index (χ4n) is 2.99. The van der Waals surface area contributed by atoms with Gasteiger partial charge in [0.2, 0.25) is 0 Å². The molecule has 0 saturated heterocycles. The van der Waals surface area contributed by atoms with Crippen LogP contribution in [0.5, 0.6) is 5.75 Å². The molecule has 0 aliphatic rings. The van der Waals surface area contributed by atoms with Crippen LogP contribution in [-0.2, 0) is 0 Å². The van der Waals surface area contributed by atoms with E-state index < -0.39 is 10.8 Å². The average molecular weight is 438 g/mol. The summed E-state index contributed by atoms with van der Waals surface area (Å²) in [5.41, 5.74) is 3.18. The van der Waals surface area contributed by atoms with Gasteiger partial charge in [0, 0.05) is 22.3 Å². The van der Waals surface area contributed by atoms with Crippen LogP contribution in [0.3, 0.4) is 0 Å². The van der Waals surface area contributed by atoms with E-state index in [1.165, 1.54) is 30.1 Å². The number of carbonyl (C=O) groups is 1. The van der Waals surface area contributed by atoms with Crippen LogP contribution in [-0.4, -0.2) is 32.9 Å². The van der Waals surface area contributed by atoms with Gasteiger partial charge in [-0.3, -0.25) is 14.9 Å². The van der Waals surface area contributed by atoms with Crippen molar-refractivity contribution in [1.29, 1.82) is 0 Å². The second-order valence-corrected chi connectivity index (χ2v) is 7.13. The van der Waals surface area contributed by atoms with Gasteiger partial charge in [-0.15, -0.1) is 10.2 Å².